The van der Waals surface area contributed by atoms with Crippen LogP contribution in [0.2, 0.25) is 0 Å². The molecule has 0 radical (unpaired) electrons. The minimum atomic E-state index is -1.00. The van der Waals surface area contributed by atoms with Crippen LogP contribution >= 0.6 is 0 Å². The molecule has 0 aromatic heterocycles. The molecule has 2 N–H and O–H groups in total. The highest BCUT2D eigenvalue weighted by molar-refractivity contribution is 5.88. The molecule has 1 aromatic carbocycles. The van der Waals surface area contributed by atoms with Gasteiger partial charge in [-0.2, -0.15) is 0 Å². The third-order valence-electron chi connectivity index (χ3n) is 3.20. The van der Waals surface area contributed by atoms with E-state index in [1.165, 1.54) is 30.4 Å². The zero-order valence-corrected chi connectivity index (χ0v) is 11.4. The van der Waals surface area contributed by atoms with Crippen LogP contribution in [-0.2, 0) is 0 Å². The highest BCUT2D eigenvalue weighted by Crippen LogP contribution is 2.24. The molecule has 21 heavy (non-hydrogen) atoms. The summed E-state index contributed by atoms with van der Waals surface area (Å²) in [4.78, 5) is 11.0. The molecule has 2 nitrogen and oxygen atoms in total. The highest BCUT2D eigenvalue weighted by Gasteiger charge is 2.12. The van der Waals surface area contributed by atoms with E-state index < -0.39 is 12.0 Å². The molecule has 0 saturated heterocycles. The Hall–Kier alpha value is -2.49. The van der Waals surface area contributed by atoms with Crippen LogP contribution in [0.15, 0.2) is 60.4 Å². The van der Waals surface area contributed by atoms with E-state index in [-0.39, 0.29) is 17.5 Å². The molecule has 1 atom stereocenters. The summed E-state index contributed by atoms with van der Waals surface area (Å²) in [6.45, 7) is 3.76. The van der Waals surface area contributed by atoms with Gasteiger partial charge in [0.15, 0.2) is 6.29 Å². The predicted molar refractivity (Wildman–Crippen MR) is 79.8 cm³/mol. The Labute approximate surface area is 122 Å². The van der Waals surface area contributed by atoms with E-state index >= 15 is 0 Å². The largest absolute Gasteiger partial charge is 0.398 e. The first-order valence-electron chi connectivity index (χ1n) is 6.46. The van der Waals surface area contributed by atoms with E-state index in [4.69, 9.17) is 5.73 Å². The molecule has 2 rings (SSSR count). The summed E-state index contributed by atoms with van der Waals surface area (Å²) in [6, 6.07) is 4.22. The molecule has 1 aromatic rings. The van der Waals surface area contributed by atoms with E-state index in [1.54, 1.807) is 12.2 Å². The second-order valence-corrected chi connectivity index (χ2v) is 4.72. The third kappa shape index (κ3) is 3.34. The van der Waals surface area contributed by atoms with Crippen LogP contribution in [0.25, 0.3) is 5.57 Å². The summed E-state index contributed by atoms with van der Waals surface area (Å²) in [5, 5.41) is 0. The molecule has 0 aliphatic heterocycles. The molecule has 108 valence electrons. The van der Waals surface area contributed by atoms with Crippen molar-refractivity contribution < 1.29 is 13.6 Å². The topological polar surface area (TPSA) is 43.1 Å². The normalized spacial score (nSPS) is 18.3. The standard InChI is InChI=1S/C17H15F2NO/c1-11(17-13(10-21)3-2-4-15(17)19)9-16(20)12-5-7-14(18)8-6-12/h2-7,9-10,14H,1,8,20H2/b16-9-. The number of nitrogens with two attached hydrogens (primary N) is 1. The summed E-state index contributed by atoms with van der Waals surface area (Å²) in [7, 11) is 0. The smallest absolute Gasteiger partial charge is 0.150 e. The monoisotopic (exact) mass is 287 g/mol. The van der Waals surface area contributed by atoms with E-state index in [0.29, 0.717) is 23.1 Å². The Balaban J connectivity index is 2.32. The fraction of sp³-hybridized carbons (Fsp3) is 0.118. The van der Waals surface area contributed by atoms with Crippen LogP contribution in [0, 0.1) is 5.82 Å². The molecular weight excluding hydrogens is 272 g/mol. The minimum absolute atomic E-state index is 0.124. The zero-order chi connectivity index (χ0) is 15.4. The molecule has 1 aliphatic carbocycles. The molecule has 0 heterocycles. The summed E-state index contributed by atoms with van der Waals surface area (Å²) in [5.41, 5.74) is 7.56. The lowest BCUT2D eigenvalue weighted by Gasteiger charge is -2.12. The van der Waals surface area contributed by atoms with Gasteiger partial charge in [0.2, 0.25) is 0 Å². The second-order valence-electron chi connectivity index (χ2n) is 4.72. The summed E-state index contributed by atoms with van der Waals surface area (Å²) in [6.07, 6.45) is 5.98. The lowest BCUT2D eigenvalue weighted by Crippen LogP contribution is -2.06. The van der Waals surface area contributed by atoms with Gasteiger partial charge in [0.1, 0.15) is 12.0 Å². The van der Waals surface area contributed by atoms with Crippen molar-refractivity contribution in [1.29, 1.82) is 0 Å². The quantitative estimate of drug-likeness (QED) is 0.677. The zero-order valence-electron chi connectivity index (χ0n) is 11.4. The average Bonchev–Trinajstić information content (AvgIpc) is 2.47. The summed E-state index contributed by atoms with van der Waals surface area (Å²) < 4.78 is 26.9. The maximum atomic E-state index is 13.9. The number of alkyl halides is 1. The van der Waals surface area contributed by atoms with Gasteiger partial charge in [0.25, 0.3) is 0 Å². The van der Waals surface area contributed by atoms with Crippen molar-refractivity contribution in [2.75, 3.05) is 0 Å². The van der Waals surface area contributed by atoms with Crippen LogP contribution in [0.5, 0.6) is 0 Å². The molecule has 0 bridgehead atoms. The lowest BCUT2D eigenvalue weighted by atomic mass is 9.97. The van der Waals surface area contributed by atoms with Gasteiger partial charge < -0.3 is 5.73 Å². The number of allylic oxidation sites excluding steroid dienone is 5. The molecule has 0 saturated carbocycles. The van der Waals surface area contributed by atoms with Gasteiger partial charge in [0, 0.05) is 23.2 Å². The maximum Gasteiger partial charge on any atom is 0.150 e. The van der Waals surface area contributed by atoms with Gasteiger partial charge in [0.05, 0.1) is 0 Å². The molecular formula is C17H15F2NO. The van der Waals surface area contributed by atoms with Gasteiger partial charge in [-0.25, -0.2) is 8.78 Å². The summed E-state index contributed by atoms with van der Waals surface area (Å²) >= 11 is 0. The predicted octanol–water partition coefficient (Wildman–Crippen LogP) is 3.72. The van der Waals surface area contributed by atoms with E-state index in [2.05, 4.69) is 6.58 Å². The van der Waals surface area contributed by atoms with Crippen molar-refractivity contribution in [2.24, 2.45) is 5.73 Å². The maximum absolute atomic E-state index is 13.9. The van der Waals surface area contributed by atoms with Crippen molar-refractivity contribution in [3.63, 3.8) is 0 Å². The Morgan fingerprint density at radius 3 is 2.81 bits per heavy atom. The summed E-state index contributed by atoms with van der Waals surface area (Å²) in [5.74, 6) is -0.536. The number of carbonyl (C=O) groups is 1. The highest BCUT2D eigenvalue weighted by atomic mass is 19.1. The number of halogens is 2. The number of carbonyl (C=O) groups excluding carboxylic acids is 1. The van der Waals surface area contributed by atoms with Gasteiger partial charge in [-0.1, -0.05) is 30.9 Å². The molecule has 0 spiro atoms. The van der Waals surface area contributed by atoms with Crippen LogP contribution in [0.4, 0.5) is 8.78 Å². The number of hydrogen-bond donors (Lipinski definition) is 1. The molecule has 0 amide bonds. The minimum Gasteiger partial charge on any atom is -0.398 e. The van der Waals surface area contributed by atoms with Gasteiger partial charge in [-0.05, 0) is 29.4 Å². The second kappa shape index (κ2) is 6.31. The molecule has 1 unspecified atom stereocenters. The number of hydrogen-bond acceptors (Lipinski definition) is 2. The van der Waals surface area contributed by atoms with Gasteiger partial charge in [-0.3, -0.25) is 4.79 Å². The van der Waals surface area contributed by atoms with E-state index in [0.717, 1.165) is 0 Å². The Kier molecular flexibility index (Phi) is 4.48. The molecule has 4 heteroatoms. The first kappa shape index (κ1) is 14.9. The fourth-order valence-corrected chi connectivity index (χ4v) is 2.13. The van der Waals surface area contributed by atoms with E-state index in [1.807, 2.05) is 0 Å². The van der Waals surface area contributed by atoms with Crippen molar-refractivity contribution in [2.45, 2.75) is 12.6 Å². The first-order valence-corrected chi connectivity index (χ1v) is 6.46. The number of rotatable bonds is 4. The Bertz CT molecular complexity index is 671. The van der Waals surface area contributed by atoms with Crippen LogP contribution < -0.4 is 5.73 Å². The first-order chi connectivity index (χ1) is 10.0. The van der Waals surface area contributed by atoms with Crippen LogP contribution in [-0.4, -0.2) is 12.5 Å². The van der Waals surface area contributed by atoms with Crippen molar-refractivity contribution in [3.8, 4) is 0 Å². The Morgan fingerprint density at radius 2 is 2.19 bits per heavy atom. The van der Waals surface area contributed by atoms with Crippen LogP contribution in [0.3, 0.4) is 0 Å². The number of benzene rings is 1. The van der Waals surface area contributed by atoms with E-state index in [9.17, 15) is 13.6 Å². The third-order valence-corrected chi connectivity index (χ3v) is 3.20. The fourth-order valence-electron chi connectivity index (χ4n) is 2.13. The van der Waals surface area contributed by atoms with Gasteiger partial charge in [-0.15, -0.1) is 0 Å². The number of aldehydes is 1. The van der Waals surface area contributed by atoms with Crippen molar-refractivity contribution >= 4 is 11.9 Å². The van der Waals surface area contributed by atoms with Crippen molar-refractivity contribution in [3.05, 3.63) is 77.3 Å². The molecule has 1 aliphatic rings. The van der Waals surface area contributed by atoms with Crippen molar-refractivity contribution in [1.82, 2.24) is 0 Å². The molecule has 0 fully saturated rings. The van der Waals surface area contributed by atoms with Gasteiger partial charge >= 0.3 is 0 Å². The average molecular weight is 287 g/mol. The lowest BCUT2D eigenvalue weighted by molar-refractivity contribution is 0.112. The Morgan fingerprint density at radius 1 is 1.43 bits per heavy atom. The SMILES string of the molecule is C=C(/C=C(\N)C1=CCC(F)C=C1)c1c(F)cccc1C=O. The van der Waals surface area contributed by atoms with Crippen LogP contribution in [0.1, 0.15) is 22.3 Å².